The van der Waals surface area contributed by atoms with Crippen molar-refractivity contribution in [2.45, 2.75) is 154 Å². The summed E-state index contributed by atoms with van der Waals surface area (Å²) in [5.41, 5.74) is 0. The number of hydrogen-bond donors (Lipinski definition) is 12. The first-order chi connectivity index (χ1) is 67.6. The number of carbonyl (C=O) groups excluding carboxylic acids is 14. The van der Waals surface area contributed by atoms with Gasteiger partial charge in [0.05, 0.1) is 238 Å². The lowest BCUT2D eigenvalue weighted by molar-refractivity contribution is -0.156. The molecular formula is C90H154N12O38. The molecule has 0 bridgehead atoms. The smallest absolute Gasteiger partial charge is 0.325 e. The van der Waals surface area contributed by atoms with E-state index in [0.717, 1.165) is 24.3 Å². The number of carbonyl (C=O) groups is 16. The molecule has 2 rings (SSSR count). The molecule has 12 N–H and O–H groups in total. The summed E-state index contributed by atoms with van der Waals surface area (Å²) in [6.07, 6.45) is 2.66. The topological polar surface area (TPSA) is 625 Å². The number of rotatable bonds is 95. The van der Waals surface area contributed by atoms with Gasteiger partial charge in [-0.2, -0.15) is 0 Å². The number of unbranched alkanes of at least 4 members (excludes halogenated alkanes) is 2. The first-order valence-electron chi connectivity index (χ1n) is 47.4. The van der Waals surface area contributed by atoms with E-state index < -0.39 is 181 Å². The van der Waals surface area contributed by atoms with Gasteiger partial charge >= 0.3 is 11.9 Å². The predicted octanol–water partition coefficient (Wildman–Crippen LogP) is -4.04. The number of imide groups is 2. The highest BCUT2D eigenvalue weighted by Gasteiger charge is 2.50. The minimum atomic E-state index is -2.27. The van der Waals surface area contributed by atoms with Gasteiger partial charge in [-0.05, 0) is 77.0 Å². The van der Waals surface area contributed by atoms with Gasteiger partial charge in [0.2, 0.25) is 59.1 Å². The van der Waals surface area contributed by atoms with Crippen molar-refractivity contribution in [3.8, 4) is 0 Å². The van der Waals surface area contributed by atoms with Crippen LogP contribution in [0.2, 0.25) is 0 Å². The lowest BCUT2D eigenvalue weighted by Gasteiger charge is -2.35. The second-order valence-electron chi connectivity index (χ2n) is 31.9. The maximum absolute atomic E-state index is 14.5. The zero-order valence-electron chi connectivity index (χ0n) is 82.3. The van der Waals surface area contributed by atoms with E-state index in [0.29, 0.717) is 208 Å². The van der Waals surface area contributed by atoms with Gasteiger partial charge in [-0.25, -0.2) is 0 Å². The number of carboxylic acid groups (broad SMARTS) is 2. The van der Waals surface area contributed by atoms with E-state index >= 15 is 0 Å². The highest BCUT2D eigenvalue weighted by molar-refractivity contribution is 6.19. The summed E-state index contributed by atoms with van der Waals surface area (Å²) < 4.78 is 108. The zero-order chi connectivity index (χ0) is 103. The third-order valence-electron chi connectivity index (χ3n) is 19.9. The van der Waals surface area contributed by atoms with Gasteiger partial charge in [0.25, 0.3) is 23.6 Å². The molecule has 0 saturated carbocycles. The number of aliphatic carboxylic acids is 2. The number of methoxy groups -OCH3 is 2. The fraction of sp³-hybridized carbons (Fsp3) is 0.778. The summed E-state index contributed by atoms with van der Waals surface area (Å²) in [5.74, 6) is -16.7. The molecule has 140 heavy (non-hydrogen) atoms. The van der Waals surface area contributed by atoms with Gasteiger partial charge in [-0.3, -0.25) is 86.5 Å². The molecule has 50 nitrogen and oxygen atoms in total. The Morgan fingerprint density at radius 1 is 0.264 bits per heavy atom. The van der Waals surface area contributed by atoms with Crippen molar-refractivity contribution in [1.82, 2.24) is 63.0 Å². The number of ether oxygens (including phenoxy) is 20. The van der Waals surface area contributed by atoms with Crippen molar-refractivity contribution in [3.63, 3.8) is 0 Å². The van der Waals surface area contributed by atoms with Crippen molar-refractivity contribution in [1.29, 1.82) is 0 Å². The van der Waals surface area contributed by atoms with Crippen molar-refractivity contribution in [2.75, 3.05) is 291 Å². The van der Waals surface area contributed by atoms with E-state index in [1.807, 2.05) is 0 Å². The normalized spacial score (nSPS) is 14.2. The number of hydrogen-bond acceptors (Lipinski definition) is 36. The van der Waals surface area contributed by atoms with Crippen molar-refractivity contribution >= 4 is 94.6 Å². The molecule has 0 aliphatic carbocycles. The van der Waals surface area contributed by atoms with Crippen LogP contribution in [0.4, 0.5) is 0 Å². The van der Waals surface area contributed by atoms with E-state index in [2.05, 4.69) is 53.2 Å². The molecule has 2 heterocycles. The van der Waals surface area contributed by atoms with Crippen LogP contribution < -0.4 is 53.2 Å². The van der Waals surface area contributed by atoms with Crippen LogP contribution in [-0.4, -0.2) is 454 Å². The Hall–Kier alpha value is -9.40. The molecular weight excluding hydrogens is 1860 g/mol. The third kappa shape index (κ3) is 62.8. The summed E-state index contributed by atoms with van der Waals surface area (Å²) in [4.78, 5) is 214. The predicted molar refractivity (Wildman–Crippen MR) is 494 cm³/mol. The van der Waals surface area contributed by atoms with Gasteiger partial charge < -0.3 is 158 Å². The van der Waals surface area contributed by atoms with Gasteiger partial charge in [0.1, 0.15) is 61.5 Å². The van der Waals surface area contributed by atoms with Crippen LogP contribution in [0, 0.1) is 11.8 Å². The first-order valence-corrected chi connectivity index (χ1v) is 47.4. The monoisotopic (exact) mass is 2010 g/mol. The van der Waals surface area contributed by atoms with Crippen molar-refractivity contribution in [3.05, 3.63) is 24.3 Å². The van der Waals surface area contributed by atoms with Crippen LogP contribution in [0.3, 0.4) is 0 Å². The Kier molecular flexibility index (Phi) is 75.2. The molecule has 0 aromatic heterocycles. The van der Waals surface area contributed by atoms with Crippen LogP contribution >= 0.6 is 0 Å². The molecule has 0 radical (unpaired) electrons. The first kappa shape index (κ1) is 127. The van der Waals surface area contributed by atoms with Crippen LogP contribution in [0.1, 0.15) is 106 Å². The lowest BCUT2D eigenvalue weighted by atomic mass is 10.0. The van der Waals surface area contributed by atoms with Gasteiger partial charge in [0, 0.05) is 77.5 Å². The Labute approximate surface area is 817 Å². The molecule has 0 aromatic rings. The summed E-state index contributed by atoms with van der Waals surface area (Å²) >= 11 is 0. The van der Waals surface area contributed by atoms with Gasteiger partial charge in [0.15, 0.2) is 0 Å². The highest BCUT2D eigenvalue weighted by atomic mass is 16.6. The summed E-state index contributed by atoms with van der Waals surface area (Å²) in [7, 11) is 3.23. The zero-order valence-corrected chi connectivity index (χ0v) is 82.3. The average Bonchev–Trinajstić information content (AvgIpc) is 1.62. The minimum absolute atomic E-state index is 0.0568. The van der Waals surface area contributed by atoms with Crippen LogP contribution in [0.25, 0.3) is 0 Å². The van der Waals surface area contributed by atoms with Crippen molar-refractivity contribution < 1.29 is 182 Å². The standard InChI is InChI=1S/C90H154N12O38/c1-65(2)79(85(113)95-67(5)89(117)118)99-83(111)69(15-9-11-23-91-73(105)63-139-61-59-137-57-55-135-53-51-133-49-47-131-45-43-129-41-39-127-37-35-125-33-31-123-29-27-121-7)97-71(103)17-13-25-93-87(115)81(101-75(107)19-20-76(101)108)82(102-77(109)21-22-78(102)110)88(116)94-26-14-18-72(104)98-70(84(112)100-80(66(3)4)86(114)96-68(6)90(119)120)16-10-12-24-92-74(106)64-140-62-60-138-58-56-136-54-52-134-50-48-132-46-44-130-42-40-128-38-36-126-34-32-124-30-28-122-8/h19-22,65-70,79-82H,9-18,23-64H2,1-8H3,(H,91,105)(H,92,106)(H,93,115)(H,94,116)(H,95,113)(H,96,114)(H,97,103)(H,98,104)(H,99,111)(H,100,112)(H,117,118)(H,119,120)/t67-,68-,69-,70-,79-,80-,81-,82-/m0/s1. The summed E-state index contributed by atoms with van der Waals surface area (Å²) in [6, 6.07) is -12.4. The molecule has 8 atom stereocenters. The second-order valence-corrected chi connectivity index (χ2v) is 31.9. The van der Waals surface area contributed by atoms with Gasteiger partial charge in [-0.1, -0.05) is 27.7 Å². The molecule has 0 unspecified atom stereocenters. The molecule has 2 aliphatic rings. The molecule has 2 aliphatic heterocycles. The van der Waals surface area contributed by atoms with Crippen LogP contribution in [-0.2, 0) is 171 Å². The highest BCUT2D eigenvalue weighted by Crippen LogP contribution is 2.22. The number of carboxylic acids is 2. The second kappa shape index (κ2) is 83.1. The maximum Gasteiger partial charge on any atom is 0.325 e. The van der Waals surface area contributed by atoms with Crippen LogP contribution in [0.15, 0.2) is 24.3 Å². The van der Waals surface area contributed by atoms with E-state index in [1.165, 1.54) is 13.8 Å². The Bertz CT molecular complexity index is 3330. The Morgan fingerprint density at radius 2 is 0.486 bits per heavy atom. The molecule has 0 fully saturated rings. The SMILES string of the molecule is COCCOCCOCCOCCOCCOCCOCCOCCOCCOCC(=O)NCCCC[C@H](NC(=O)CCCNC(=O)[C@H]([C@@H](C(=O)NCCCC(=O)N[C@@H](CCCCNC(=O)COCCOCCOCCOCCOCCOCCOCCOCCOCCOC)C(=O)N[C@H](C(=O)N[C@@H](C)C(=O)O)C(C)C)N1C(=O)C=CC1=O)N1C(=O)C=CC1=O)C(=O)N[C@H](C(=O)N[C@@H](C)C(=O)O)C(C)C. The Morgan fingerprint density at radius 3 is 0.707 bits per heavy atom. The number of amides is 14. The molecule has 802 valence electrons. The van der Waals surface area contributed by atoms with E-state index in [1.54, 1.807) is 41.9 Å². The van der Waals surface area contributed by atoms with Gasteiger partial charge in [-0.15, -0.1) is 0 Å². The summed E-state index contributed by atoms with van der Waals surface area (Å²) in [5, 5.41) is 44.3. The van der Waals surface area contributed by atoms with E-state index in [4.69, 9.17) is 94.7 Å². The molecule has 50 heteroatoms. The third-order valence-corrected chi connectivity index (χ3v) is 19.9. The molecule has 0 spiro atoms. The Balaban J connectivity index is 1.95. The van der Waals surface area contributed by atoms with E-state index in [9.17, 15) is 86.9 Å². The van der Waals surface area contributed by atoms with E-state index in [-0.39, 0.29) is 117 Å². The number of nitrogens with zero attached hydrogens (tertiary/aromatic N) is 2. The fourth-order valence-electron chi connectivity index (χ4n) is 12.3. The largest absolute Gasteiger partial charge is 0.480 e. The average molecular weight is 2010 g/mol. The molecule has 0 saturated heterocycles. The maximum atomic E-state index is 14.5. The number of nitrogens with one attached hydrogen (secondary N) is 10. The minimum Gasteiger partial charge on any atom is -0.480 e. The van der Waals surface area contributed by atoms with Crippen LogP contribution in [0.5, 0.6) is 0 Å². The fourth-order valence-corrected chi connectivity index (χ4v) is 12.3. The lowest BCUT2D eigenvalue weighted by Crippen LogP contribution is -2.66. The quantitative estimate of drug-likeness (QED) is 0.0204. The van der Waals surface area contributed by atoms with Crippen molar-refractivity contribution in [2.24, 2.45) is 11.8 Å². The summed E-state index contributed by atoms with van der Waals surface area (Å²) in [6.45, 7) is 21.4. The molecule has 0 aromatic carbocycles. The molecule has 14 amide bonds.